The number of ether oxygens (including phenoxy) is 1. The first-order valence-electron chi connectivity index (χ1n) is 9.23. The van der Waals surface area contributed by atoms with E-state index in [9.17, 15) is 13.6 Å². The monoisotopic (exact) mass is 419 g/mol. The molecule has 0 N–H and O–H groups in total. The number of rotatable bonds is 5. The predicted octanol–water partition coefficient (Wildman–Crippen LogP) is 6.28. The maximum atomic E-state index is 13.3. The molecule has 0 bridgehead atoms. The van der Waals surface area contributed by atoms with Crippen molar-refractivity contribution in [1.82, 2.24) is 0 Å². The molecule has 148 valence electrons. The standard InChI is InChI=1S/C25H17F2O2S/c26-23-16-13-19(17-24(23)27)29-25(28)18-11-14-22(15-12-18)30(20-7-3-1-4-8-20)21-9-5-2-6-10-21/h1-17H/q+1. The van der Waals surface area contributed by atoms with Gasteiger partial charge in [0.1, 0.15) is 5.75 Å². The van der Waals surface area contributed by atoms with E-state index in [-0.39, 0.29) is 16.6 Å². The lowest BCUT2D eigenvalue weighted by atomic mass is 10.2. The minimum absolute atomic E-state index is 0.0451. The van der Waals surface area contributed by atoms with E-state index in [1.54, 1.807) is 12.1 Å². The molecule has 0 heterocycles. The zero-order valence-electron chi connectivity index (χ0n) is 15.8. The molecule has 0 aliphatic rings. The summed E-state index contributed by atoms with van der Waals surface area (Å²) in [4.78, 5) is 15.8. The van der Waals surface area contributed by atoms with Gasteiger partial charge in [-0.05, 0) is 60.7 Å². The number of halogens is 2. The summed E-state index contributed by atoms with van der Waals surface area (Å²) >= 11 is 0. The number of hydrogen-bond acceptors (Lipinski definition) is 2. The van der Waals surface area contributed by atoms with Crippen LogP contribution in [0.2, 0.25) is 0 Å². The summed E-state index contributed by atoms with van der Waals surface area (Å²) in [6.45, 7) is 0. The van der Waals surface area contributed by atoms with Crippen molar-refractivity contribution in [3.05, 3.63) is 120 Å². The molecule has 0 spiro atoms. The van der Waals surface area contributed by atoms with Crippen molar-refractivity contribution >= 4 is 16.9 Å². The van der Waals surface area contributed by atoms with Gasteiger partial charge in [0.25, 0.3) is 0 Å². The van der Waals surface area contributed by atoms with E-state index in [2.05, 4.69) is 24.3 Å². The van der Waals surface area contributed by atoms with Crippen LogP contribution in [0.1, 0.15) is 10.4 Å². The zero-order chi connectivity index (χ0) is 20.9. The molecule has 0 saturated carbocycles. The number of esters is 1. The summed E-state index contributed by atoms with van der Waals surface area (Å²) in [6.07, 6.45) is 0. The van der Waals surface area contributed by atoms with E-state index in [4.69, 9.17) is 4.74 Å². The average Bonchev–Trinajstić information content (AvgIpc) is 2.78. The predicted molar refractivity (Wildman–Crippen MR) is 113 cm³/mol. The summed E-state index contributed by atoms with van der Waals surface area (Å²) in [6, 6.07) is 30.5. The largest absolute Gasteiger partial charge is 0.423 e. The second-order valence-corrected chi connectivity index (χ2v) is 8.45. The molecule has 0 aromatic heterocycles. The highest BCUT2D eigenvalue weighted by atomic mass is 32.2. The SMILES string of the molecule is O=C(Oc1ccc(F)c(F)c1)c1ccc([S+](c2ccccc2)c2ccccc2)cc1. The van der Waals surface area contributed by atoms with Gasteiger partial charge in [0.15, 0.2) is 26.3 Å². The van der Waals surface area contributed by atoms with Crippen LogP contribution in [0, 0.1) is 11.6 Å². The van der Waals surface area contributed by atoms with Crippen LogP contribution in [0.15, 0.2) is 118 Å². The Hall–Kier alpha value is -3.44. The Morgan fingerprint density at radius 2 is 1.17 bits per heavy atom. The Kier molecular flexibility index (Phi) is 5.91. The van der Waals surface area contributed by atoms with Crippen LogP contribution in [0.3, 0.4) is 0 Å². The molecular weight excluding hydrogens is 402 g/mol. The Labute approximate surface area is 176 Å². The van der Waals surface area contributed by atoms with Gasteiger partial charge >= 0.3 is 5.97 Å². The van der Waals surface area contributed by atoms with Crippen LogP contribution in [-0.2, 0) is 10.9 Å². The maximum absolute atomic E-state index is 13.3. The number of benzene rings is 4. The van der Waals surface area contributed by atoms with E-state index in [0.29, 0.717) is 5.56 Å². The number of carbonyl (C=O) groups excluding carboxylic acids is 1. The molecule has 4 aromatic rings. The Morgan fingerprint density at radius 1 is 0.633 bits per heavy atom. The first-order valence-corrected chi connectivity index (χ1v) is 10.5. The molecule has 0 saturated heterocycles. The fourth-order valence-electron chi connectivity index (χ4n) is 2.95. The molecule has 2 nitrogen and oxygen atoms in total. The number of hydrogen-bond donors (Lipinski definition) is 0. The van der Waals surface area contributed by atoms with Crippen molar-refractivity contribution in [2.45, 2.75) is 14.7 Å². The normalized spacial score (nSPS) is 10.8. The van der Waals surface area contributed by atoms with Gasteiger partial charge < -0.3 is 4.74 Å². The van der Waals surface area contributed by atoms with Gasteiger partial charge in [0.2, 0.25) is 0 Å². The molecular formula is C25H17F2O2S+. The summed E-state index contributed by atoms with van der Waals surface area (Å²) in [5, 5.41) is 0. The van der Waals surface area contributed by atoms with Crippen LogP contribution < -0.4 is 4.74 Å². The lowest BCUT2D eigenvalue weighted by molar-refractivity contribution is 0.0734. The van der Waals surface area contributed by atoms with Gasteiger partial charge in [0, 0.05) is 6.07 Å². The first kappa shape index (κ1) is 19.9. The Morgan fingerprint density at radius 3 is 1.70 bits per heavy atom. The minimum atomic E-state index is -1.06. The van der Waals surface area contributed by atoms with Crippen molar-refractivity contribution in [1.29, 1.82) is 0 Å². The van der Waals surface area contributed by atoms with E-state index in [0.717, 1.165) is 17.0 Å². The lowest BCUT2D eigenvalue weighted by Gasteiger charge is -2.09. The quantitative estimate of drug-likeness (QED) is 0.216. The average molecular weight is 419 g/mol. The summed E-state index contributed by atoms with van der Waals surface area (Å²) in [5.41, 5.74) is 0.327. The molecule has 5 heteroatoms. The van der Waals surface area contributed by atoms with E-state index in [1.807, 2.05) is 48.5 Å². The molecule has 4 rings (SSSR count). The Bertz CT molecular complexity index is 1110. The molecule has 0 amide bonds. The molecule has 4 aromatic carbocycles. The molecule has 30 heavy (non-hydrogen) atoms. The summed E-state index contributed by atoms with van der Waals surface area (Å²) < 4.78 is 31.5. The molecule has 0 fully saturated rings. The lowest BCUT2D eigenvalue weighted by Crippen LogP contribution is -2.10. The van der Waals surface area contributed by atoms with Crippen LogP contribution in [0.5, 0.6) is 5.75 Å². The molecule has 0 aliphatic heterocycles. The fourth-order valence-corrected chi connectivity index (χ4v) is 5.04. The van der Waals surface area contributed by atoms with Crippen molar-refractivity contribution in [3.8, 4) is 5.75 Å². The Balaban J connectivity index is 1.60. The molecule has 0 aliphatic carbocycles. The molecule has 0 unspecified atom stereocenters. The van der Waals surface area contributed by atoms with Crippen molar-refractivity contribution in [2.75, 3.05) is 0 Å². The third-order valence-electron chi connectivity index (χ3n) is 4.39. The topological polar surface area (TPSA) is 26.3 Å². The highest BCUT2D eigenvalue weighted by Gasteiger charge is 2.28. The number of carbonyl (C=O) groups is 1. The third kappa shape index (κ3) is 4.42. The smallest absolute Gasteiger partial charge is 0.343 e. The van der Waals surface area contributed by atoms with Crippen molar-refractivity contribution in [3.63, 3.8) is 0 Å². The van der Waals surface area contributed by atoms with Crippen molar-refractivity contribution < 1.29 is 18.3 Å². The van der Waals surface area contributed by atoms with Gasteiger partial charge in [-0.2, -0.15) is 0 Å². The van der Waals surface area contributed by atoms with Gasteiger partial charge in [-0.25, -0.2) is 13.6 Å². The van der Waals surface area contributed by atoms with E-state index < -0.39 is 17.6 Å². The zero-order valence-corrected chi connectivity index (χ0v) is 16.6. The van der Waals surface area contributed by atoms with Crippen molar-refractivity contribution in [2.24, 2.45) is 0 Å². The van der Waals surface area contributed by atoms with E-state index in [1.165, 1.54) is 15.9 Å². The van der Waals surface area contributed by atoms with Crippen LogP contribution in [-0.4, -0.2) is 5.97 Å². The maximum Gasteiger partial charge on any atom is 0.343 e. The third-order valence-corrected chi connectivity index (χ3v) is 6.62. The van der Waals surface area contributed by atoms with Crippen LogP contribution in [0.4, 0.5) is 8.78 Å². The van der Waals surface area contributed by atoms with Crippen LogP contribution in [0.25, 0.3) is 0 Å². The second-order valence-electron chi connectivity index (χ2n) is 6.42. The second kappa shape index (κ2) is 8.93. The van der Waals surface area contributed by atoms with Gasteiger partial charge in [-0.15, -0.1) is 0 Å². The summed E-state index contributed by atoms with van der Waals surface area (Å²) in [5.74, 6) is -2.73. The highest BCUT2D eigenvalue weighted by Crippen LogP contribution is 2.31. The molecule has 0 radical (unpaired) electrons. The van der Waals surface area contributed by atoms with Gasteiger partial charge in [-0.1, -0.05) is 36.4 Å². The minimum Gasteiger partial charge on any atom is -0.423 e. The molecule has 0 atom stereocenters. The highest BCUT2D eigenvalue weighted by molar-refractivity contribution is 7.97. The fraction of sp³-hybridized carbons (Fsp3) is 0. The van der Waals surface area contributed by atoms with Gasteiger partial charge in [-0.3, -0.25) is 0 Å². The summed E-state index contributed by atoms with van der Waals surface area (Å²) in [7, 11) is -0.323. The first-order chi connectivity index (χ1) is 14.6. The van der Waals surface area contributed by atoms with Gasteiger partial charge in [0.05, 0.1) is 16.5 Å². The van der Waals surface area contributed by atoms with Crippen LogP contribution >= 0.6 is 0 Å². The van der Waals surface area contributed by atoms with E-state index >= 15 is 0 Å².